The third kappa shape index (κ3) is 3.02. The summed E-state index contributed by atoms with van der Waals surface area (Å²) in [6.07, 6.45) is -5.19. The molecular formula is C11H8F3N3O4. The SMILES string of the molecule is CC(Nc1ccc(C#N)cc1[N+](=O)[O-])(C(=O)O)C(F)(F)F. The molecule has 1 aromatic rings. The molecule has 0 saturated carbocycles. The van der Waals surface area contributed by atoms with Gasteiger partial charge in [-0.2, -0.15) is 18.4 Å². The lowest BCUT2D eigenvalue weighted by Gasteiger charge is -2.29. The number of aliphatic carboxylic acids is 1. The number of carbonyl (C=O) groups is 1. The van der Waals surface area contributed by atoms with Crippen LogP contribution in [0.1, 0.15) is 12.5 Å². The third-order valence-corrected chi connectivity index (χ3v) is 2.70. The molecular weight excluding hydrogens is 295 g/mol. The lowest BCUT2D eigenvalue weighted by molar-refractivity contribution is -0.384. The van der Waals surface area contributed by atoms with Crippen LogP contribution in [0.2, 0.25) is 0 Å². The zero-order valence-corrected chi connectivity index (χ0v) is 10.4. The molecule has 0 saturated heterocycles. The maximum absolute atomic E-state index is 12.9. The number of hydrogen-bond acceptors (Lipinski definition) is 5. The van der Waals surface area contributed by atoms with Crippen LogP contribution in [0.3, 0.4) is 0 Å². The van der Waals surface area contributed by atoms with Crippen LogP contribution in [-0.4, -0.2) is 27.7 Å². The van der Waals surface area contributed by atoms with Crippen LogP contribution < -0.4 is 5.32 Å². The van der Waals surface area contributed by atoms with Gasteiger partial charge < -0.3 is 10.4 Å². The van der Waals surface area contributed by atoms with Crippen LogP contribution in [0.25, 0.3) is 0 Å². The minimum atomic E-state index is -5.19. The summed E-state index contributed by atoms with van der Waals surface area (Å²) in [6, 6.07) is 4.23. The maximum Gasteiger partial charge on any atom is 0.422 e. The molecule has 0 fully saturated rings. The van der Waals surface area contributed by atoms with Gasteiger partial charge in [-0.3, -0.25) is 10.1 Å². The molecule has 0 aliphatic rings. The maximum atomic E-state index is 12.9. The normalized spacial score (nSPS) is 13.9. The zero-order chi connectivity index (χ0) is 16.4. The highest BCUT2D eigenvalue weighted by Crippen LogP contribution is 2.36. The van der Waals surface area contributed by atoms with E-state index in [0.717, 1.165) is 18.2 Å². The Morgan fingerprint density at radius 2 is 2.05 bits per heavy atom. The fourth-order valence-corrected chi connectivity index (χ4v) is 1.37. The number of nitrogens with zero attached hydrogens (tertiary/aromatic N) is 2. The first-order valence-corrected chi connectivity index (χ1v) is 5.30. The van der Waals surface area contributed by atoms with Gasteiger partial charge in [-0.25, -0.2) is 4.79 Å². The Hall–Kier alpha value is -2.83. The van der Waals surface area contributed by atoms with Gasteiger partial charge in [0.25, 0.3) is 5.69 Å². The third-order valence-electron chi connectivity index (χ3n) is 2.70. The van der Waals surface area contributed by atoms with Crippen molar-refractivity contribution in [3.8, 4) is 6.07 Å². The van der Waals surface area contributed by atoms with Gasteiger partial charge in [0, 0.05) is 6.07 Å². The zero-order valence-electron chi connectivity index (χ0n) is 10.4. The number of hydrogen-bond donors (Lipinski definition) is 2. The molecule has 0 aliphatic heterocycles. The molecule has 112 valence electrons. The van der Waals surface area contributed by atoms with Crippen molar-refractivity contribution in [3.05, 3.63) is 33.9 Å². The molecule has 1 atom stereocenters. The number of nitriles is 1. The minimum absolute atomic E-state index is 0.142. The van der Waals surface area contributed by atoms with E-state index in [1.807, 2.05) is 0 Å². The van der Waals surface area contributed by atoms with Crippen molar-refractivity contribution in [2.24, 2.45) is 0 Å². The van der Waals surface area contributed by atoms with Gasteiger partial charge in [0.15, 0.2) is 0 Å². The van der Waals surface area contributed by atoms with E-state index in [9.17, 15) is 28.1 Å². The average molecular weight is 303 g/mol. The van der Waals surface area contributed by atoms with Crippen LogP contribution in [-0.2, 0) is 4.79 Å². The summed E-state index contributed by atoms with van der Waals surface area (Å²) in [6.45, 7) is 0.345. The van der Waals surface area contributed by atoms with Gasteiger partial charge in [-0.15, -0.1) is 0 Å². The number of anilines is 1. The van der Waals surface area contributed by atoms with Crippen LogP contribution in [0, 0.1) is 21.4 Å². The smallest absolute Gasteiger partial charge is 0.422 e. The van der Waals surface area contributed by atoms with E-state index in [2.05, 4.69) is 0 Å². The van der Waals surface area contributed by atoms with E-state index in [-0.39, 0.29) is 5.56 Å². The summed E-state index contributed by atoms with van der Waals surface area (Å²) in [5.41, 5.74) is -5.03. The highest BCUT2D eigenvalue weighted by atomic mass is 19.4. The van der Waals surface area contributed by atoms with Gasteiger partial charge in [-0.1, -0.05) is 0 Å². The second kappa shape index (κ2) is 5.28. The van der Waals surface area contributed by atoms with Gasteiger partial charge in [-0.05, 0) is 19.1 Å². The second-order valence-corrected chi connectivity index (χ2v) is 4.15. The first-order chi connectivity index (χ1) is 9.52. The molecule has 10 heteroatoms. The largest absolute Gasteiger partial charge is 0.479 e. The first kappa shape index (κ1) is 16.2. The van der Waals surface area contributed by atoms with E-state index in [4.69, 9.17) is 10.4 Å². The van der Waals surface area contributed by atoms with E-state index < -0.39 is 34.0 Å². The molecule has 1 rings (SSSR count). The van der Waals surface area contributed by atoms with Crippen LogP contribution in [0.15, 0.2) is 18.2 Å². The molecule has 0 heterocycles. The highest BCUT2D eigenvalue weighted by Gasteiger charge is 2.58. The molecule has 7 nitrogen and oxygen atoms in total. The standard InChI is InChI=1S/C11H8F3N3O4/c1-10(9(18)19,11(12,13)14)16-7-3-2-6(5-15)4-8(7)17(20)21/h2-4,16H,1H3,(H,18,19). The topological polar surface area (TPSA) is 116 Å². The number of carboxylic acids is 1. The number of benzene rings is 1. The summed E-state index contributed by atoms with van der Waals surface area (Å²) in [5, 5.41) is 29.8. The van der Waals surface area contributed by atoms with E-state index in [1.54, 1.807) is 11.4 Å². The molecule has 1 aromatic carbocycles. The van der Waals surface area contributed by atoms with Crippen molar-refractivity contribution in [1.29, 1.82) is 5.26 Å². The first-order valence-electron chi connectivity index (χ1n) is 5.30. The Labute approximate surface area is 115 Å². The summed E-state index contributed by atoms with van der Waals surface area (Å²) in [4.78, 5) is 20.7. The Morgan fingerprint density at radius 1 is 1.48 bits per heavy atom. The number of halogens is 3. The Bertz CT molecular complexity index is 639. The second-order valence-electron chi connectivity index (χ2n) is 4.15. The summed E-state index contributed by atoms with van der Waals surface area (Å²) in [7, 11) is 0. The number of nitrogens with one attached hydrogen (secondary N) is 1. The van der Waals surface area contributed by atoms with E-state index in [1.165, 1.54) is 0 Å². The molecule has 0 aliphatic carbocycles. The van der Waals surface area contributed by atoms with Crippen molar-refractivity contribution in [2.45, 2.75) is 18.6 Å². The quantitative estimate of drug-likeness (QED) is 0.651. The summed E-state index contributed by atoms with van der Waals surface area (Å²) in [5.74, 6) is -2.24. The van der Waals surface area contributed by atoms with Gasteiger partial charge in [0.2, 0.25) is 5.54 Å². The van der Waals surface area contributed by atoms with Crippen molar-refractivity contribution in [3.63, 3.8) is 0 Å². The fraction of sp³-hybridized carbons (Fsp3) is 0.273. The van der Waals surface area contributed by atoms with Crippen LogP contribution in [0.4, 0.5) is 24.5 Å². The van der Waals surface area contributed by atoms with Crippen molar-refractivity contribution in [1.82, 2.24) is 0 Å². The molecule has 0 amide bonds. The Morgan fingerprint density at radius 3 is 2.43 bits per heavy atom. The number of nitro benzene ring substituents is 1. The predicted octanol–water partition coefficient (Wildman–Crippen LogP) is 2.28. The molecule has 0 aromatic heterocycles. The Kier molecular flexibility index (Phi) is 4.08. The lowest BCUT2D eigenvalue weighted by atomic mass is 10.0. The van der Waals surface area contributed by atoms with Crippen molar-refractivity contribution in [2.75, 3.05) is 5.32 Å². The molecule has 0 spiro atoms. The van der Waals surface area contributed by atoms with Gasteiger partial charge in [0.1, 0.15) is 5.69 Å². The Balaban J connectivity index is 3.39. The van der Waals surface area contributed by atoms with E-state index >= 15 is 0 Å². The number of rotatable bonds is 4. The highest BCUT2D eigenvalue weighted by molar-refractivity contribution is 5.85. The number of carboxylic acid groups (broad SMARTS) is 1. The lowest BCUT2D eigenvalue weighted by Crippen LogP contribution is -2.55. The molecule has 2 N–H and O–H groups in total. The minimum Gasteiger partial charge on any atom is -0.479 e. The summed E-state index contributed by atoms with van der Waals surface area (Å²) >= 11 is 0. The molecule has 0 radical (unpaired) electrons. The van der Waals surface area contributed by atoms with E-state index in [0.29, 0.717) is 6.92 Å². The summed E-state index contributed by atoms with van der Waals surface area (Å²) < 4.78 is 38.6. The average Bonchev–Trinajstić information content (AvgIpc) is 2.37. The van der Waals surface area contributed by atoms with Gasteiger partial charge >= 0.3 is 12.1 Å². The number of alkyl halides is 3. The fourth-order valence-electron chi connectivity index (χ4n) is 1.37. The predicted molar refractivity (Wildman–Crippen MR) is 63.5 cm³/mol. The molecule has 0 bridgehead atoms. The molecule has 1 unspecified atom stereocenters. The van der Waals surface area contributed by atoms with Crippen molar-refractivity contribution < 1.29 is 28.0 Å². The van der Waals surface area contributed by atoms with Crippen molar-refractivity contribution >= 4 is 17.3 Å². The van der Waals surface area contributed by atoms with Gasteiger partial charge in [0.05, 0.1) is 16.6 Å². The molecule has 21 heavy (non-hydrogen) atoms. The van der Waals surface area contributed by atoms with Crippen LogP contribution in [0.5, 0.6) is 0 Å². The monoisotopic (exact) mass is 303 g/mol. The number of nitro groups is 1. The van der Waals surface area contributed by atoms with Crippen LogP contribution >= 0.6 is 0 Å².